The van der Waals surface area contributed by atoms with Crippen LogP contribution in [0.3, 0.4) is 0 Å². The Morgan fingerprint density at radius 2 is 2.04 bits per heavy atom. The molecule has 28 heavy (non-hydrogen) atoms. The molecule has 2 saturated heterocycles. The van der Waals surface area contributed by atoms with Crippen molar-refractivity contribution in [3.8, 4) is 0 Å². The molecule has 0 aliphatic carbocycles. The molecule has 1 N–H and O–H groups in total. The Balaban J connectivity index is 1.64. The molecule has 1 atom stereocenters. The monoisotopic (exact) mass is 428 g/mol. The number of hydrogen-bond acceptors (Lipinski definition) is 6. The van der Waals surface area contributed by atoms with Crippen molar-refractivity contribution >= 4 is 27.3 Å². The Bertz CT molecular complexity index is 718. The highest BCUT2D eigenvalue weighted by Crippen LogP contribution is 2.22. The van der Waals surface area contributed by atoms with Crippen molar-refractivity contribution in [1.29, 1.82) is 0 Å². The number of nitrogens with one attached hydrogen (secondary N) is 1. The van der Waals surface area contributed by atoms with Gasteiger partial charge >= 0.3 is 0 Å². The van der Waals surface area contributed by atoms with Crippen molar-refractivity contribution in [3.05, 3.63) is 17.5 Å². The van der Waals surface area contributed by atoms with Gasteiger partial charge in [-0.3, -0.25) is 9.69 Å². The number of amides is 1. The summed E-state index contributed by atoms with van der Waals surface area (Å²) >= 11 is 1.24. The molecule has 7 nitrogen and oxygen atoms in total. The largest absolute Gasteiger partial charge is 0.340 e. The van der Waals surface area contributed by atoms with Gasteiger partial charge in [-0.2, -0.15) is 4.31 Å². The van der Waals surface area contributed by atoms with E-state index >= 15 is 0 Å². The molecule has 2 aliphatic heterocycles. The summed E-state index contributed by atoms with van der Waals surface area (Å²) < 4.78 is 28.1. The van der Waals surface area contributed by atoms with E-state index in [0.29, 0.717) is 36.4 Å². The number of piperidine rings is 1. The number of nitrogens with zero attached hydrogens (tertiary/aromatic N) is 3. The van der Waals surface area contributed by atoms with Gasteiger partial charge in [-0.25, -0.2) is 8.42 Å². The molecule has 1 aromatic rings. The summed E-state index contributed by atoms with van der Waals surface area (Å²) in [4.78, 5) is 16.7. The van der Waals surface area contributed by atoms with E-state index in [1.165, 1.54) is 34.9 Å². The van der Waals surface area contributed by atoms with Crippen LogP contribution in [-0.4, -0.2) is 86.8 Å². The van der Waals surface area contributed by atoms with Gasteiger partial charge in [0.25, 0.3) is 10.0 Å². The van der Waals surface area contributed by atoms with Gasteiger partial charge in [-0.1, -0.05) is 12.5 Å². The van der Waals surface area contributed by atoms with E-state index < -0.39 is 10.0 Å². The van der Waals surface area contributed by atoms with Crippen LogP contribution in [0.4, 0.5) is 0 Å². The Labute approximate surface area is 172 Å². The molecule has 0 bridgehead atoms. The van der Waals surface area contributed by atoms with Crippen LogP contribution in [0, 0.1) is 0 Å². The van der Waals surface area contributed by atoms with Gasteiger partial charge in [-0.15, -0.1) is 11.3 Å². The van der Waals surface area contributed by atoms with E-state index in [2.05, 4.69) is 17.1 Å². The molecule has 0 saturated carbocycles. The van der Waals surface area contributed by atoms with Crippen molar-refractivity contribution in [3.63, 3.8) is 0 Å². The van der Waals surface area contributed by atoms with Crippen LogP contribution in [0.2, 0.25) is 0 Å². The quantitative estimate of drug-likeness (QED) is 0.678. The number of sulfonamides is 1. The Hall–Kier alpha value is -1.00. The van der Waals surface area contributed by atoms with Crippen LogP contribution in [0.1, 0.15) is 32.6 Å². The average Bonchev–Trinajstić information content (AvgIpc) is 3.25. The summed E-state index contributed by atoms with van der Waals surface area (Å²) in [6.07, 6.45) is 3.82. The fourth-order valence-electron chi connectivity index (χ4n) is 3.91. The second-order valence-electron chi connectivity index (χ2n) is 7.60. The van der Waals surface area contributed by atoms with Crippen LogP contribution in [0.15, 0.2) is 21.7 Å². The normalized spacial score (nSPS) is 21.9. The smallest absolute Gasteiger partial charge is 0.252 e. The van der Waals surface area contributed by atoms with Gasteiger partial charge in [0.1, 0.15) is 4.21 Å². The Morgan fingerprint density at radius 3 is 2.71 bits per heavy atom. The summed E-state index contributed by atoms with van der Waals surface area (Å²) in [6.45, 7) is 7.62. The highest BCUT2D eigenvalue weighted by molar-refractivity contribution is 7.91. The highest BCUT2D eigenvalue weighted by atomic mass is 32.2. The van der Waals surface area contributed by atoms with E-state index in [-0.39, 0.29) is 18.9 Å². The lowest BCUT2D eigenvalue weighted by atomic mass is 10.0. The second-order valence-corrected chi connectivity index (χ2v) is 10.7. The number of piperazine rings is 1. The molecule has 1 aromatic heterocycles. The van der Waals surface area contributed by atoms with Crippen molar-refractivity contribution in [2.24, 2.45) is 0 Å². The lowest BCUT2D eigenvalue weighted by Crippen LogP contribution is -2.48. The first-order valence-electron chi connectivity index (χ1n) is 10.2. The molecule has 3 heterocycles. The molecule has 1 amide bonds. The third kappa shape index (κ3) is 5.54. The number of hydrogen-bond donors (Lipinski definition) is 1. The zero-order valence-electron chi connectivity index (χ0n) is 16.7. The molecule has 0 unspecified atom stereocenters. The number of carbonyl (C=O) groups is 1. The first kappa shape index (κ1) is 21.7. The summed E-state index contributed by atoms with van der Waals surface area (Å²) in [5.74, 6) is 0.0409. The fourth-order valence-corrected chi connectivity index (χ4v) is 6.49. The van der Waals surface area contributed by atoms with Gasteiger partial charge in [0, 0.05) is 58.3 Å². The molecule has 2 aliphatic rings. The van der Waals surface area contributed by atoms with E-state index in [1.54, 1.807) is 17.5 Å². The maximum Gasteiger partial charge on any atom is 0.252 e. The molecule has 158 valence electrons. The van der Waals surface area contributed by atoms with E-state index in [1.807, 2.05) is 4.90 Å². The van der Waals surface area contributed by atoms with Crippen LogP contribution >= 0.6 is 11.3 Å². The van der Waals surface area contributed by atoms with Crippen molar-refractivity contribution in [1.82, 2.24) is 19.4 Å². The van der Waals surface area contributed by atoms with Gasteiger partial charge < -0.3 is 10.2 Å². The number of thiophene rings is 1. The third-order valence-corrected chi connectivity index (χ3v) is 8.98. The molecule has 0 spiro atoms. The molecule has 0 radical (unpaired) electrons. The van der Waals surface area contributed by atoms with Gasteiger partial charge in [0.15, 0.2) is 0 Å². The summed E-state index contributed by atoms with van der Waals surface area (Å²) in [5.41, 5.74) is 0. The first-order chi connectivity index (χ1) is 13.5. The minimum atomic E-state index is -3.56. The van der Waals surface area contributed by atoms with Crippen molar-refractivity contribution in [2.75, 3.05) is 52.4 Å². The summed E-state index contributed by atoms with van der Waals surface area (Å²) in [5, 5.41) is 5.02. The lowest BCUT2D eigenvalue weighted by molar-refractivity contribution is -0.131. The molecular formula is C19H32N4O3S2. The van der Waals surface area contributed by atoms with Crippen LogP contribution in [0.5, 0.6) is 0 Å². The summed E-state index contributed by atoms with van der Waals surface area (Å²) in [6, 6.07) is 3.89. The first-order valence-corrected chi connectivity index (χ1v) is 12.6. The minimum Gasteiger partial charge on any atom is -0.340 e. The van der Waals surface area contributed by atoms with Gasteiger partial charge in [0.2, 0.25) is 5.91 Å². The Morgan fingerprint density at radius 1 is 1.25 bits per heavy atom. The molecular weight excluding hydrogens is 396 g/mol. The van der Waals surface area contributed by atoms with Crippen molar-refractivity contribution < 1.29 is 13.2 Å². The Kier molecular flexibility index (Phi) is 7.87. The molecule has 0 aromatic carbocycles. The predicted molar refractivity (Wildman–Crippen MR) is 112 cm³/mol. The molecule has 2 fully saturated rings. The standard InChI is InChI=1S/C19H32N4O3S2/c1-17-5-2-3-10-21(17)14-15-23(28(25,26)19-6-4-16-27-19)11-7-18(24)22-12-8-20-9-13-22/h4,6,16-17,20H,2-3,5,7-15H2,1H3/t17-/m0/s1. The lowest BCUT2D eigenvalue weighted by Gasteiger charge is -2.35. The SMILES string of the molecule is C[C@H]1CCCCN1CCN(CCC(=O)N1CCNCC1)S(=O)(=O)c1cccs1. The minimum absolute atomic E-state index is 0.0409. The second kappa shape index (κ2) is 10.2. The summed E-state index contributed by atoms with van der Waals surface area (Å²) in [7, 11) is -3.56. The maximum absolute atomic E-state index is 13.1. The molecule has 9 heteroatoms. The predicted octanol–water partition coefficient (Wildman–Crippen LogP) is 1.44. The average molecular weight is 429 g/mol. The van der Waals surface area contributed by atoms with Crippen molar-refractivity contribution in [2.45, 2.75) is 42.9 Å². The zero-order chi connectivity index (χ0) is 20.0. The van der Waals surface area contributed by atoms with Gasteiger partial charge in [0.05, 0.1) is 0 Å². The van der Waals surface area contributed by atoms with E-state index in [0.717, 1.165) is 19.6 Å². The van der Waals surface area contributed by atoms with Crippen LogP contribution in [0.25, 0.3) is 0 Å². The molecule has 3 rings (SSSR count). The fraction of sp³-hybridized carbons (Fsp3) is 0.737. The van der Waals surface area contributed by atoms with E-state index in [4.69, 9.17) is 0 Å². The third-order valence-electron chi connectivity index (χ3n) is 5.71. The van der Waals surface area contributed by atoms with Gasteiger partial charge in [-0.05, 0) is 37.8 Å². The highest BCUT2D eigenvalue weighted by Gasteiger charge is 2.28. The van der Waals surface area contributed by atoms with Crippen LogP contribution in [-0.2, 0) is 14.8 Å². The van der Waals surface area contributed by atoms with E-state index in [9.17, 15) is 13.2 Å². The topological polar surface area (TPSA) is 73.0 Å². The number of carbonyl (C=O) groups excluding carboxylic acids is 1. The number of likely N-dealkylation sites (tertiary alicyclic amines) is 1. The maximum atomic E-state index is 13.1. The zero-order valence-corrected chi connectivity index (χ0v) is 18.3. The number of rotatable bonds is 8. The van der Waals surface area contributed by atoms with Crippen LogP contribution < -0.4 is 5.32 Å².